The summed E-state index contributed by atoms with van der Waals surface area (Å²) in [6, 6.07) is 0. The van der Waals surface area contributed by atoms with E-state index in [4.69, 9.17) is 4.74 Å². The Labute approximate surface area is 96.5 Å². The average molecular weight is 228 g/mol. The number of hydrogen-bond acceptors (Lipinski definition) is 4. The van der Waals surface area contributed by atoms with Crippen LogP contribution in [-0.4, -0.2) is 48.7 Å². The molecule has 5 nitrogen and oxygen atoms in total. The summed E-state index contributed by atoms with van der Waals surface area (Å²) in [6.45, 7) is 6.96. The quantitative estimate of drug-likeness (QED) is 0.687. The van der Waals surface area contributed by atoms with Crippen LogP contribution in [0.5, 0.6) is 0 Å². The molecule has 0 rings (SSSR count). The first-order valence-electron chi connectivity index (χ1n) is 5.08. The van der Waals surface area contributed by atoms with Gasteiger partial charge in [0.1, 0.15) is 11.3 Å². The monoisotopic (exact) mass is 228 g/mol. The molecule has 5 heteroatoms. The molecule has 0 unspecified atom stereocenters. The number of ketones is 1. The predicted molar refractivity (Wildman–Crippen MR) is 62.9 cm³/mol. The van der Waals surface area contributed by atoms with Crippen molar-refractivity contribution in [2.45, 2.75) is 33.3 Å². The van der Waals surface area contributed by atoms with E-state index in [2.05, 4.69) is 4.99 Å². The van der Waals surface area contributed by atoms with Crippen LogP contribution in [0.15, 0.2) is 4.99 Å². The molecule has 0 aromatic heterocycles. The van der Waals surface area contributed by atoms with Crippen LogP contribution < -0.4 is 0 Å². The number of nitrogens with zero attached hydrogens (tertiary/aromatic N) is 2. The van der Waals surface area contributed by atoms with Gasteiger partial charge >= 0.3 is 6.09 Å². The molecule has 0 saturated carbocycles. The van der Waals surface area contributed by atoms with Crippen LogP contribution in [0.25, 0.3) is 0 Å². The number of ether oxygens (including phenoxy) is 1. The molecule has 1 amide bonds. The van der Waals surface area contributed by atoms with Crippen molar-refractivity contribution in [3.8, 4) is 0 Å². The van der Waals surface area contributed by atoms with Crippen LogP contribution in [0.1, 0.15) is 27.7 Å². The van der Waals surface area contributed by atoms with E-state index >= 15 is 0 Å². The van der Waals surface area contributed by atoms with E-state index in [1.165, 1.54) is 6.92 Å². The highest BCUT2D eigenvalue weighted by atomic mass is 16.6. The number of Topliss-reactive ketones (excluding diaryl/α,β-unsaturated/α-hetero) is 1. The minimum absolute atomic E-state index is 0.208. The lowest BCUT2D eigenvalue weighted by Crippen LogP contribution is -2.29. The maximum absolute atomic E-state index is 11.4. The van der Waals surface area contributed by atoms with Gasteiger partial charge in [0, 0.05) is 13.5 Å². The van der Waals surface area contributed by atoms with E-state index in [0.29, 0.717) is 6.54 Å². The molecule has 0 aliphatic rings. The lowest BCUT2D eigenvalue weighted by atomic mass is 10.2. The zero-order valence-electron chi connectivity index (χ0n) is 10.8. The number of amides is 1. The SMILES string of the molecule is CC(=O)C(CN(C)C)=NC(=O)OC(C)(C)C. The largest absolute Gasteiger partial charge is 0.442 e. The molecule has 0 N–H and O–H groups in total. The van der Waals surface area contributed by atoms with Crippen molar-refractivity contribution >= 4 is 17.6 Å². The van der Waals surface area contributed by atoms with Gasteiger partial charge in [-0.25, -0.2) is 4.79 Å². The molecular formula is C11H20N2O3. The Balaban J connectivity index is 4.67. The Kier molecular flexibility index (Phi) is 5.30. The van der Waals surface area contributed by atoms with Gasteiger partial charge < -0.3 is 9.64 Å². The Morgan fingerprint density at radius 1 is 1.25 bits per heavy atom. The molecule has 0 atom stereocenters. The minimum Gasteiger partial charge on any atom is -0.442 e. The van der Waals surface area contributed by atoms with Gasteiger partial charge in [0.05, 0.1) is 0 Å². The highest BCUT2D eigenvalue weighted by Crippen LogP contribution is 2.08. The van der Waals surface area contributed by atoms with Gasteiger partial charge in [-0.15, -0.1) is 0 Å². The number of carbonyl (C=O) groups is 2. The first-order valence-corrected chi connectivity index (χ1v) is 5.08. The van der Waals surface area contributed by atoms with E-state index in [0.717, 1.165) is 0 Å². The van der Waals surface area contributed by atoms with Crippen LogP contribution in [0, 0.1) is 0 Å². The Morgan fingerprint density at radius 2 is 1.75 bits per heavy atom. The molecule has 16 heavy (non-hydrogen) atoms. The maximum atomic E-state index is 11.4. The van der Waals surface area contributed by atoms with Gasteiger partial charge in [0.2, 0.25) is 0 Å². The first-order chi connectivity index (χ1) is 7.11. The molecule has 0 saturated heterocycles. The van der Waals surface area contributed by atoms with Crippen molar-refractivity contribution in [2.24, 2.45) is 4.99 Å². The molecule has 0 aromatic carbocycles. The van der Waals surface area contributed by atoms with Crippen LogP contribution in [0.2, 0.25) is 0 Å². The van der Waals surface area contributed by atoms with Gasteiger partial charge in [0.15, 0.2) is 5.78 Å². The van der Waals surface area contributed by atoms with E-state index in [-0.39, 0.29) is 11.5 Å². The zero-order valence-corrected chi connectivity index (χ0v) is 10.8. The highest BCUT2D eigenvalue weighted by molar-refractivity contribution is 6.41. The molecule has 0 spiro atoms. The summed E-state index contributed by atoms with van der Waals surface area (Å²) in [6.07, 6.45) is -0.723. The maximum Gasteiger partial charge on any atom is 0.434 e. The summed E-state index contributed by atoms with van der Waals surface area (Å²) in [5.74, 6) is -0.223. The molecule has 0 aromatic rings. The second-order valence-electron chi connectivity index (χ2n) is 4.83. The van der Waals surface area contributed by atoms with E-state index < -0.39 is 11.7 Å². The van der Waals surface area contributed by atoms with E-state index in [9.17, 15) is 9.59 Å². The first kappa shape index (κ1) is 14.8. The van der Waals surface area contributed by atoms with Gasteiger partial charge in [-0.2, -0.15) is 4.99 Å². The number of aliphatic imine (C=N–C) groups is 1. The van der Waals surface area contributed by atoms with Gasteiger partial charge in [-0.1, -0.05) is 0 Å². The van der Waals surface area contributed by atoms with Crippen LogP contribution >= 0.6 is 0 Å². The van der Waals surface area contributed by atoms with Crippen molar-refractivity contribution in [1.29, 1.82) is 0 Å². The molecule has 0 heterocycles. The van der Waals surface area contributed by atoms with Crippen molar-refractivity contribution in [1.82, 2.24) is 4.90 Å². The van der Waals surface area contributed by atoms with Crippen molar-refractivity contribution in [3.63, 3.8) is 0 Å². The highest BCUT2D eigenvalue weighted by Gasteiger charge is 2.17. The summed E-state index contributed by atoms with van der Waals surface area (Å²) in [4.78, 5) is 28.0. The Hall–Kier alpha value is -1.23. The Bertz CT molecular complexity index is 301. The molecule has 0 aliphatic carbocycles. The number of hydrogen-bond donors (Lipinski definition) is 0. The third kappa shape index (κ3) is 7.11. The summed E-state index contributed by atoms with van der Waals surface area (Å²) < 4.78 is 5.00. The van der Waals surface area contributed by atoms with Crippen LogP contribution in [0.4, 0.5) is 4.79 Å². The fourth-order valence-corrected chi connectivity index (χ4v) is 0.920. The zero-order chi connectivity index (χ0) is 12.9. The smallest absolute Gasteiger partial charge is 0.434 e. The molecular weight excluding hydrogens is 208 g/mol. The second kappa shape index (κ2) is 5.75. The molecule has 0 bridgehead atoms. The summed E-state index contributed by atoms with van der Waals surface area (Å²) in [7, 11) is 3.60. The van der Waals surface area contributed by atoms with Crippen LogP contribution in [0.3, 0.4) is 0 Å². The van der Waals surface area contributed by atoms with Gasteiger partial charge in [-0.05, 0) is 34.9 Å². The lowest BCUT2D eigenvalue weighted by Gasteiger charge is -2.18. The standard InChI is InChI=1S/C11H20N2O3/c1-8(14)9(7-13(5)6)12-10(15)16-11(2,3)4/h7H2,1-6H3. The average Bonchev–Trinajstić information content (AvgIpc) is 1.97. The number of carbonyl (C=O) groups excluding carboxylic acids is 2. The molecule has 0 aliphatic heterocycles. The number of rotatable bonds is 3. The second-order valence-corrected chi connectivity index (χ2v) is 4.83. The van der Waals surface area contributed by atoms with E-state index in [1.54, 1.807) is 39.8 Å². The fourth-order valence-electron chi connectivity index (χ4n) is 0.920. The fraction of sp³-hybridized carbons (Fsp3) is 0.727. The van der Waals surface area contributed by atoms with Gasteiger partial charge in [-0.3, -0.25) is 4.79 Å². The topological polar surface area (TPSA) is 59.0 Å². The summed E-state index contributed by atoms with van der Waals surface area (Å²) >= 11 is 0. The molecule has 92 valence electrons. The van der Waals surface area contributed by atoms with Crippen molar-refractivity contribution in [2.75, 3.05) is 20.6 Å². The summed E-state index contributed by atoms with van der Waals surface area (Å²) in [5, 5.41) is 0. The molecule has 0 radical (unpaired) electrons. The third-order valence-electron chi connectivity index (χ3n) is 1.49. The summed E-state index contributed by atoms with van der Waals surface area (Å²) in [5.41, 5.74) is -0.389. The molecule has 0 fully saturated rings. The Morgan fingerprint density at radius 3 is 2.06 bits per heavy atom. The lowest BCUT2D eigenvalue weighted by molar-refractivity contribution is -0.111. The normalized spacial score (nSPS) is 12.8. The minimum atomic E-state index is -0.723. The van der Waals surface area contributed by atoms with Crippen molar-refractivity contribution < 1.29 is 14.3 Å². The van der Waals surface area contributed by atoms with Crippen LogP contribution in [-0.2, 0) is 9.53 Å². The van der Waals surface area contributed by atoms with Gasteiger partial charge in [0.25, 0.3) is 0 Å². The van der Waals surface area contributed by atoms with E-state index in [1.807, 2.05) is 0 Å². The van der Waals surface area contributed by atoms with Crippen molar-refractivity contribution in [3.05, 3.63) is 0 Å². The predicted octanol–water partition coefficient (Wildman–Crippen LogP) is 1.51. The third-order valence-corrected chi connectivity index (χ3v) is 1.49.